The normalized spacial score (nSPS) is 11.6. The molecular weight excluding hydrogens is 274 g/mol. The molecule has 0 radical (unpaired) electrons. The van der Waals surface area contributed by atoms with Gasteiger partial charge in [-0.3, -0.25) is 9.36 Å². The van der Waals surface area contributed by atoms with E-state index in [0.29, 0.717) is 11.0 Å². The van der Waals surface area contributed by atoms with Gasteiger partial charge in [-0.25, -0.2) is 9.59 Å². The molecule has 0 saturated heterocycles. The van der Waals surface area contributed by atoms with E-state index in [9.17, 15) is 19.5 Å². The second-order valence-corrected chi connectivity index (χ2v) is 5.49. The highest BCUT2D eigenvalue weighted by Gasteiger charge is 2.29. The maximum atomic E-state index is 12.1. The van der Waals surface area contributed by atoms with Crippen molar-refractivity contribution in [3.63, 3.8) is 0 Å². The Hall–Kier alpha value is -2.57. The van der Waals surface area contributed by atoms with Gasteiger partial charge in [0.2, 0.25) is 5.91 Å². The monoisotopic (exact) mass is 291 g/mol. The predicted molar refractivity (Wildman–Crippen MR) is 77.4 cm³/mol. The highest BCUT2D eigenvalue weighted by molar-refractivity contribution is 6.01. The molecule has 1 amide bonds. The Kier molecular flexibility index (Phi) is 3.59. The fourth-order valence-corrected chi connectivity index (χ4v) is 2.35. The Morgan fingerprint density at radius 1 is 1.38 bits per heavy atom. The van der Waals surface area contributed by atoms with Crippen LogP contribution < -0.4 is 11.0 Å². The van der Waals surface area contributed by atoms with Gasteiger partial charge in [0.05, 0.1) is 22.0 Å². The molecule has 112 valence electrons. The van der Waals surface area contributed by atoms with Crippen LogP contribution in [-0.2, 0) is 11.3 Å². The lowest BCUT2D eigenvalue weighted by Crippen LogP contribution is -2.39. The number of benzene rings is 1. The molecule has 7 nitrogen and oxygen atoms in total. The molecule has 0 saturated carbocycles. The number of nitrogens with zero attached hydrogens (tertiary/aromatic N) is 1. The number of para-hydroxylation sites is 1. The molecule has 0 aliphatic heterocycles. The van der Waals surface area contributed by atoms with E-state index < -0.39 is 17.1 Å². The first kappa shape index (κ1) is 14.8. The van der Waals surface area contributed by atoms with E-state index in [1.165, 1.54) is 17.7 Å². The van der Waals surface area contributed by atoms with Gasteiger partial charge in [0.15, 0.2) is 0 Å². The molecule has 0 aliphatic rings. The number of aromatic carboxylic acids is 1. The summed E-state index contributed by atoms with van der Waals surface area (Å²) in [5.74, 6) is -1.34. The zero-order valence-corrected chi connectivity index (χ0v) is 12.1. The lowest BCUT2D eigenvalue weighted by atomic mass is 9.92. The Morgan fingerprint density at radius 3 is 2.62 bits per heavy atom. The van der Waals surface area contributed by atoms with Gasteiger partial charge in [-0.1, -0.05) is 6.07 Å². The number of carbonyl (C=O) groups is 2. The summed E-state index contributed by atoms with van der Waals surface area (Å²) in [6, 6.07) is 4.63. The molecule has 21 heavy (non-hydrogen) atoms. The number of carbonyl (C=O) groups excluding carboxylic acids is 1. The molecule has 0 fully saturated rings. The van der Waals surface area contributed by atoms with Crippen LogP contribution in [0.1, 0.15) is 24.2 Å². The first-order valence-corrected chi connectivity index (χ1v) is 6.45. The zero-order chi connectivity index (χ0) is 15.8. The second-order valence-electron chi connectivity index (χ2n) is 5.49. The summed E-state index contributed by atoms with van der Waals surface area (Å²) in [5.41, 5.74) is -0.520. The summed E-state index contributed by atoms with van der Waals surface area (Å²) in [5, 5.41) is 11.8. The number of aromatic amines is 1. The Balaban J connectivity index is 2.64. The fourth-order valence-electron chi connectivity index (χ4n) is 2.35. The van der Waals surface area contributed by atoms with Gasteiger partial charge in [-0.05, 0) is 26.0 Å². The molecule has 2 rings (SSSR count). The maximum absolute atomic E-state index is 12.1. The molecule has 1 heterocycles. The molecule has 0 unspecified atom stereocenters. The predicted octanol–water partition coefficient (Wildman–Crippen LogP) is 0.800. The van der Waals surface area contributed by atoms with Crippen LogP contribution in [-0.4, -0.2) is 33.6 Å². The van der Waals surface area contributed by atoms with E-state index in [-0.39, 0.29) is 18.0 Å². The smallest absolute Gasteiger partial charge is 0.337 e. The van der Waals surface area contributed by atoms with E-state index in [0.717, 1.165) is 0 Å². The van der Waals surface area contributed by atoms with Crippen LogP contribution >= 0.6 is 0 Å². The van der Waals surface area contributed by atoms with Crippen molar-refractivity contribution in [2.24, 2.45) is 5.41 Å². The minimum atomic E-state index is -1.12. The highest BCUT2D eigenvalue weighted by atomic mass is 16.4. The summed E-state index contributed by atoms with van der Waals surface area (Å²) < 4.78 is 1.30. The molecular formula is C14H17N3O4. The number of rotatable bonds is 4. The highest BCUT2D eigenvalue weighted by Crippen LogP contribution is 2.22. The third-order valence-electron chi connectivity index (χ3n) is 3.42. The number of fused-ring (bicyclic) bond motifs is 1. The van der Waals surface area contributed by atoms with Gasteiger partial charge in [-0.15, -0.1) is 0 Å². The topological polar surface area (TPSA) is 104 Å². The Bertz CT molecular complexity index is 770. The quantitative estimate of drug-likeness (QED) is 0.775. The molecule has 7 heteroatoms. The SMILES string of the molecule is CNC(=O)C(C)(C)Cn1c(=O)[nH]c2cccc(C(=O)O)c21. The molecule has 1 aromatic heterocycles. The zero-order valence-electron chi connectivity index (χ0n) is 12.1. The number of aromatic nitrogens is 2. The largest absolute Gasteiger partial charge is 0.478 e. The second kappa shape index (κ2) is 5.08. The van der Waals surface area contributed by atoms with Crippen molar-refractivity contribution >= 4 is 22.9 Å². The summed E-state index contributed by atoms with van der Waals surface area (Å²) >= 11 is 0. The number of H-pyrrole nitrogens is 1. The molecule has 0 aliphatic carbocycles. The number of amides is 1. The lowest BCUT2D eigenvalue weighted by Gasteiger charge is -2.23. The van der Waals surface area contributed by atoms with Crippen LogP contribution in [0.2, 0.25) is 0 Å². The fraction of sp³-hybridized carbons (Fsp3) is 0.357. The van der Waals surface area contributed by atoms with Crippen molar-refractivity contribution in [3.8, 4) is 0 Å². The van der Waals surface area contributed by atoms with Gasteiger partial charge >= 0.3 is 11.7 Å². The molecule has 0 spiro atoms. The van der Waals surface area contributed by atoms with Crippen molar-refractivity contribution in [1.29, 1.82) is 0 Å². The van der Waals surface area contributed by atoms with Crippen LogP contribution in [0.25, 0.3) is 11.0 Å². The minimum Gasteiger partial charge on any atom is -0.478 e. The molecule has 3 N–H and O–H groups in total. The van der Waals surface area contributed by atoms with Crippen LogP contribution in [0.4, 0.5) is 0 Å². The van der Waals surface area contributed by atoms with Crippen molar-refractivity contribution in [2.45, 2.75) is 20.4 Å². The molecule has 1 aromatic carbocycles. The van der Waals surface area contributed by atoms with Crippen molar-refractivity contribution in [1.82, 2.24) is 14.9 Å². The number of nitrogens with one attached hydrogen (secondary N) is 2. The van der Waals surface area contributed by atoms with Crippen LogP contribution in [0.5, 0.6) is 0 Å². The average molecular weight is 291 g/mol. The van der Waals surface area contributed by atoms with Crippen molar-refractivity contribution in [2.75, 3.05) is 7.05 Å². The van der Waals surface area contributed by atoms with Crippen LogP contribution in [0.3, 0.4) is 0 Å². The summed E-state index contributed by atoms with van der Waals surface area (Å²) in [7, 11) is 1.52. The molecule has 0 bridgehead atoms. The maximum Gasteiger partial charge on any atom is 0.337 e. The number of hydrogen-bond donors (Lipinski definition) is 3. The standard InChI is InChI=1S/C14H17N3O4/c1-14(2,12(20)15-3)7-17-10-8(11(18)19)5-4-6-9(10)16-13(17)21/h4-6H,7H2,1-3H3,(H,15,20)(H,16,21)(H,18,19). The first-order valence-electron chi connectivity index (χ1n) is 6.45. The van der Waals surface area contributed by atoms with Crippen LogP contribution in [0, 0.1) is 5.41 Å². The van der Waals surface area contributed by atoms with Gasteiger partial charge < -0.3 is 15.4 Å². The van der Waals surface area contributed by atoms with Crippen LogP contribution in [0.15, 0.2) is 23.0 Å². The van der Waals surface area contributed by atoms with Gasteiger partial charge in [0.25, 0.3) is 0 Å². The van der Waals surface area contributed by atoms with E-state index in [1.54, 1.807) is 26.0 Å². The van der Waals surface area contributed by atoms with E-state index in [4.69, 9.17) is 0 Å². The summed E-state index contributed by atoms with van der Waals surface area (Å²) in [4.78, 5) is 37.9. The molecule has 0 atom stereocenters. The van der Waals surface area contributed by atoms with E-state index in [2.05, 4.69) is 10.3 Å². The average Bonchev–Trinajstić information content (AvgIpc) is 2.73. The number of carboxylic acid groups (broad SMARTS) is 1. The van der Waals surface area contributed by atoms with Crippen molar-refractivity contribution in [3.05, 3.63) is 34.2 Å². The first-order chi connectivity index (χ1) is 9.77. The Labute approximate surface area is 120 Å². The number of imidazole rings is 1. The minimum absolute atomic E-state index is 0.0264. The van der Waals surface area contributed by atoms with E-state index >= 15 is 0 Å². The van der Waals surface area contributed by atoms with Crippen molar-refractivity contribution < 1.29 is 14.7 Å². The molecule has 2 aromatic rings. The van der Waals surface area contributed by atoms with E-state index in [1.807, 2.05) is 0 Å². The van der Waals surface area contributed by atoms with Gasteiger partial charge in [-0.2, -0.15) is 0 Å². The van der Waals surface area contributed by atoms with Gasteiger partial charge in [0, 0.05) is 13.6 Å². The third kappa shape index (κ3) is 2.54. The summed E-state index contributed by atoms with van der Waals surface area (Å²) in [6.45, 7) is 3.47. The summed E-state index contributed by atoms with van der Waals surface area (Å²) in [6.07, 6.45) is 0. The van der Waals surface area contributed by atoms with Gasteiger partial charge in [0.1, 0.15) is 0 Å². The number of hydrogen-bond acceptors (Lipinski definition) is 3. The number of carboxylic acids is 1. The Morgan fingerprint density at radius 2 is 2.05 bits per heavy atom. The lowest BCUT2D eigenvalue weighted by molar-refractivity contribution is -0.129. The third-order valence-corrected chi connectivity index (χ3v) is 3.42.